The molecule has 0 aromatic heterocycles. The van der Waals surface area contributed by atoms with Gasteiger partial charge in [-0.05, 0) is 44.1 Å². The zero-order chi connectivity index (χ0) is 14.7. The predicted octanol–water partition coefficient (Wildman–Crippen LogP) is 1.53. The fourth-order valence-corrected chi connectivity index (χ4v) is 2.95. The van der Waals surface area contributed by atoms with Gasteiger partial charge in [0.15, 0.2) is 11.5 Å². The van der Waals surface area contributed by atoms with Gasteiger partial charge in [-0.25, -0.2) is 0 Å². The van der Waals surface area contributed by atoms with Gasteiger partial charge in [0.25, 0.3) is 5.91 Å². The number of nitrogens with zero attached hydrogens (tertiary/aromatic N) is 1. The molecule has 114 valence electrons. The van der Waals surface area contributed by atoms with Crippen LogP contribution in [0.4, 0.5) is 0 Å². The first-order chi connectivity index (χ1) is 10.3. The molecule has 1 fully saturated rings. The van der Waals surface area contributed by atoms with Crippen LogP contribution < -0.4 is 14.8 Å². The molecule has 0 spiro atoms. The molecule has 0 bridgehead atoms. The average molecular weight is 290 g/mol. The quantitative estimate of drug-likeness (QED) is 0.917. The molecule has 5 heteroatoms. The molecule has 0 aliphatic carbocycles. The lowest BCUT2D eigenvalue weighted by molar-refractivity contribution is 0.0786. The summed E-state index contributed by atoms with van der Waals surface area (Å²) in [6, 6.07) is 5.49. The smallest absolute Gasteiger partial charge is 0.254 e. The topological polar surface area (TPSA) is 50.8 Å². The molecule has 1 aromatic rings. The monoisotopic (exact) mass is 290 g/mol. The van der Waals surface area contributed by atoms with Crippen molar-refractivity contribution >= 4 is 5.91 Å². The van der Waals surface area contributed by atoms with Crippen LogP contribution in [0, 0.1) is 5.92 Å². The summed E-state index contributed by atoms with van der Waals surface area (Å²) in [5, 5.41) is 3.18. The van der Waals surface area contributed by atoms with Crippen molar-refractivity contribution in [2.45, 2.75) is 12.8 Å². The summed E-state index contributed by atoms with van der Waals surface area (Å²) in [6.07, 6.45) is 1.94. The summed E-state index contributed by atoms with van der Waals surface area (Å²) in [4.78, 5) is 14.5. The molecule has 0 radical (unpaired) electrons. The molecule has 1 unspecified atom stereocenters. The second kappa shape index (κ2) is 6.35. The maximum atomic E-state index is 12.6. The highest BCUT2D eigenvalue weighted by Gasteiger charge is 2.27. The second-order valence-electron chi connectivity index (χ2n) is 5.68. The highest BCUT2D eigenvalue weighted by molar-refractivity contribution is 5.95. The first-order valence-electron chi connectivity index (χ1n) is 7.61. The molecule has 2 aliphatic heterocycles. The lowest BCUT2D eigenvalue weighted by Crippen LogP contribution is -2.30. The summed E-state index contributed by atoms with van der Waals surface area (Å²) in [6.45, 7) is 3.93. The number of ether oxygens (including phenoxy) is 2. The third-order valence-corrected chi connectivity index (χ3v) is 4.06. The minimum atomic E-state index is 0.0873. The second-order valence-corrected chi connectivity index (χ2v) is 5.68. The van der Waals surface area contributed by atoms with E-state index >= 15 is 0 Å². The van der Waals surface area contributed by atoms with E-state index in [0.29, 0.717) is 30.4 Å². The van der Waals surface area contributed by atoms with E-state index in [2.05, 4.69) is 5.32 Å². The number of carbonyl (C=O) groups is 1. The zero-order valence-electron chi connectivity index (χ0n) is 12.4. The molecule has 2 aliphatic rings. The Kier molecular flexibility index (Phi) is 4.29. The highest BCUT2D eigenvalue weighted by Crippen LogP contribution is 2.31. The third kappa shape index (κ3) is 3.13. The van der Waals surface area contributed by atoms with E-state index in [-0.39, 0.29) is 5.91 Å². The van der Waals surface area contributed by atoms with Crippen molar-refractivity contribution in [1.29, 1.82) is 0 Å². The van der Waals surface area contributed by atoms with E-state index in [4.69, 9.17) is 9.47 Å². The van der Waals surface area contributed by atoms with Crippen LogP contribution in [0.3, 0.4) is 0 Å². The number of benzene rings is 1. The van der Waals surface area contributed by atoms with Crippen LogP contribution in [0.1, 0.15) is 23.2 Å². The van der Waals surface area contributed by atoms with Crippen molar-refractivity contribution in [2.75, 3.05) is 39.9 Å². The van der Waals surface area contributed by atoms with Crippen molar-refractivity contribution in [1.82, 2.24) is 10.2 Å². The van der Waals surface area contributed by atoms with Gasteiger partial charge in [0.05, 0.1) is 13.2 Å². The molecule has 1 atom stereocenters. The number of nitrogens with one attached hydrogen (secondary N) is 1. The number of carbonyl (C=O) groups excluding carboxylic acids is 1. The summed E-state index contributed by atoms with van der Waals surface area (Å²) >= 11 is 0. The largest absolute Gasteiger partial charge is 0.490 e. The van der Waals surface area contributed by atoms with Crippen molar-refractivity contribution in [3.8, 4) is 11.5 Å². The SMILES string of the molecule is CNCC1CCN(C(=O)c2ccc3c(c2)OCCCO3)C1. The summed E-state index contributed by atoms with van der Waals surface area (Å²) in [5.41, 5.74) is 0.685. The number of hydrogen-bond acceptors (Lipinski definition) is 4. The van der Waals surface area contributed by atoms with Crippen molar-refractivity contribution in [2.24, 2.45) is 5.92 Å². The molecule has 2 heterocycles. The first kappa shape index (κ1) is 14.2. The van der Waals surface area contributed by atoms with Gasteiger partial charge in [0.1, 0.15) is 0 Å². The Bertz CT molecular complexity index is 518. The van der Waals surface area contributed by atoms with Crippen molar-refractivity contribution < 1.29 is 14.3 Å². The first-order valence-corrected chi connectivity index (χ1v) is 7.61. The normalized spacial score (nSPS) is 21.2. The Balaban J connectivity index is 1.72. The predicted molar refractivity (Wildman–Crippen MR) is 80.0 cm³/mol. The van der Waals surface area contributed by atoms with E-state index in [1.165, 1.54) is 0 Å². The molecule has 21 heavy (non-hydrogen) atoms. The van der Waals surface area contributed by atoms with E-state index in [9.17, 15) is 4.79 Å². The molecule has 1 aromatic carbocycles. The summed E-state index contributed by atoms with van der Waals surface area (Å²) in [7, 11) is 1.95. The fraction of sp³-hybridized carbons (Fsp3) is 0.562. The maximum absolute atomic E-state index is 12.6. The van der Waals surface area contributed by atoms with E-state index in [0.717, 1.165) is 38.2 Å². The van der Waals surface area contributed by atoms with Crippen LogP contribution in [0.2, 0.25) is 0 Å². The minimum Gasteiger partial charge on any atom is -0.490 e. The Hall–Kier alpha value is -1.75. The number of rotatable bonds is 3. The lowest BCUT2D eigenvalue weighted by Gasteiger charge is -2.17. The van der Waals surface area contributed by atoms with Crippen LogP contribution in [0.5, 0.6) is 11.5 Å². The van der Waals surface area contributed by atoms with Gasteiger partial charge in [-0.2, -0.15) is 0 Å². The zero-order valence-corrected chi connectivity index (χ0v) is 12.4. The Morgan fingerprint density at radius 2 is 2.14 bits per heavy atom. The molecular formula is C16H22N2O3. The minimum absolute atomic E-state index is 0.0873. The molecule has 1 saturated heterocycles. The van der Waals surface area contributed by atoms with Gasteiger partial charge in [0.2, 0.25) is 0 Å². The van der Waals surface area contributed by atoms with Gasteiger partial charge >= 0.3 is 0 Å². The van der Waals surface area contributed by atoms with Crippen molar-refractivity contribution in [3.63, 3.8) is 0 Å². The lowest BCUT2D eigenvalue weighted by atomic mass is 10.1. The van der Waals surface area contributed by atoms with Crippen LogP contribution in [-0.4, -0.2) is 50.7 Å². The molecular weight excluding hydrogens is 268 g/mol. The standard InChI is InChI=1S/C16H22N2O3/c1-17-10-12-5-6-18(11-12)16(19)13-3-4-14-15(9-13)21-8-2-7-20-14/h3-4,9,12,17H,2,5-8,10-11H2,1H3. The summed E-state index contributed by atoms with van der Waals surface area (Å²) in [5.74, 6) is 2.06. The average Bonchev–Trinajstić information content (AvgIpc) is 2.83. The van der Waals surface area contributed by atoms with Gasteiger partial charge in [-0.15, -0.1) is 0 Å². The fourth-order valence-electron chi connectivity index (χ4n) is 2.95. The number of amides is 1. The van der Waals surface area contributed by atoms with Crippen molar-refractivity contribution in [3.05, 3.63) is 23.8 Å². The maximum Gasteiger partial charge on any atom is 0.254 e. The van der Waals surface area contributed by atoms with E-state index in [1.807, 2.05) is 30.1 Å². The number of hydrogen-bond donors (Lipinski definition) is 1. The molecule has 3 rings (SSSR count). The van der Waals surface area contributed by atoms with Gasteiger partial charge in [-0.3, -0.25) is 4.79 Å². The Morgan fingerprint density at radius 3 is 2.95 bits per heavy atom. The number of likely N-dealkylation sites (tertiary alicyclic amines) is 1. The molecule has 1 amide bonds. The van der Waals surface area contributed by atoms with Crippen LogP contribution in [0.25, 0.3) is 0 Å². The van der Waals surface area contributed by atoms with Crippen LogP contribution >= 0.6 is 0 Å². The molecule has 0 saturated carbocycles. The third-order valence-electron chi connectivity index (χ3n) is 4.06. The van der Waals surface area contributed by atoms with Gasteiger partial charge in [-0.1, -0.05) is 0 Å². The van der Waals surface area contributed by atoms with E-state index < -0.39 is 0 Å². The van der Waals surface area contributed by atoms with Crippen LogP contribution in [0.15, 0.2) is 18.2 Å². The van der Waals surface area contributed by atoms with Crippen LogP contribution in [-0.2, 0) is 0 Å². The highest BCUT2D eigenvalue weighted by atomic mass is 16.5. The van der Waals surface area contributed by atoms with E-state index in [1.54, 1.807) is 0 Å². The Labute approximate surface area is 125 Å². The number of fused-ring (bicyclic) bond motifs is 1. The molecule has 5 nitrogen and oxygen atoms in total. The molecule has 1 N–H and O–H groups in total. The Morgan fingerprint density at radius 1 is 1.33 bits per heavy atom. The van der Waals surface area contributed by atoms with Gasteiger partial charge in [0, 0.05) is 25.1 Å². The summed E-state index contributed by atoms with van der Waals surface area (Å²) < 4.78 is 11.3. The van der Waals surface area contributed by atoms with Gasteiger partial charge < -0.3 is 19.7 Å².